The molecule has 0 aliphatic carbocycles. The van der Waals surface area contributed by atoms with Gasteiger partial charge in [0, 0.05) is 6.07 Å². The van der Waals surface area contributed by atoms with Crippen LogP contribution in [-0.4, -0.2) is 12.0 Å². The summed E-state index contributed by atoms with van der Waals surface area (Å²) in [6.07, 6.45) is 0. The van der Waals surface area contributed by atoms with E-state index in [1.807, 2.05) is 0 Å². The van der Waals surface area contributed by atoms with E-state index in [0.717, 1.165) is 0 Å². The fourth-order valence-corrected chi connectivity index (χ4v) is 0.898. The highest BCUT2D eigenvalue weighted by Crippen LogP contribution is 2.22. The van der Waals surface area contributed by atoms with Gasteiger partial charge in [0.15, 0.2) is 0 Å². The first-order valence-electron chi connectivity index (χ1n) is 3.39. The maximum Gasteiger partial charge on any atom is 0.419 e. The molecule has 13 heavy (non-hydrogen) atoms. The van der Waals surface area contributed by atoms with E-state index < -0.39 is 16.2 Å². The predicted molar refractivity (Wildman–Crippen MR) is 42.9 cm³/mol. The predicted octanol–water partition coefficient (Wildman–Crippen LogP) is 0.865. The van der Waals surface area contributed by atoms with Gasteiger partial charge in [0.2, 0.25) is 5.75 Å². The Morgan fingerprint density at radius 3 is 2.69 bits per heavy atom. The van der Waals surface area contributed by atoms with Crippen molar-refractivity contribution in [3.63, 3.8) is 0 Å². The van der Waals surface area contributed by atoms with E-state index >= 15 is 0 Å². The van der Waals surface area contributed by atoms with E-state index in [1.165, 1.54) is 20.1 Å². The SMILES string of the molecule is COc1cc(C)oc(=O)c1[N+](=O)[O-]. The van der Waals surface area contributed by atoms with Crippen LogP contribution < -0.4 is 10.4 Å². The smallest absolute Gasteiger partial charge is 0.419 e. The standard InChI is InChI=1S/C7H7NO5/c1-4-3-5(12-2)6(8(10)11)7(9)13-4/h3H,1-2H3. The zero-order chi connectivity index (χ0) is 10.0. The Bertz CT molecular complexity index is 394. The summed E-state index contributed by atoms with van der Waals surface area (Å²) in [4.78, 5) is 20.5. The summed E-state index contributed by atoms with van der Waals surface area (Å²) in [5.41, 5.74) is -1.67. The molecule has 0 radical (unpaired) electrons. The Balaban J connectivity index is 3.48. The van der Waals surface area contributed by atoms with Crippen LogP contribution in [0.25, 0.3) is 0 Å². The number of methoxy groups -OCH3 is 1. The number of nitrogens with zero attached hydrogens (tertiary/aromatic N) is 1. The van der Waals surface area contributed by atoms with Crippen molar-refractivity contribution in [2.45, 2.75) is 6.92 Å². The molecule has 1 heterocycles. The van der Waals surface area contributed by atoms with E-state index in [2.05, 4.69) is 9.15 Å². The third kappa shape index (κ3) is 1.66. The van der Waals surface area contributed by atoms with Gasteiger partial charge < -0.3 is 9.15 Å². The maximum absolute atomic E-state index is 11.0. The minimum Gasteiger partial charge on any atom is -0.490 e. The summed E-state index contributed by atoms with van der Waals surface area (Å²) in [5, 5.41) is 10.4. The van der Waals surface area contributed by atoms with Crippen molar-refractivity contribution in [3.05, 3.63) is 32.4 Å². The van der Waals surface area contributed by atoms with E-state index in [4.69, 9.17) is 0 Å². The van der Waals surface area contributed by atoms with Gasteiger partial charge >= 0.3 is 11.3 Å². The summed E-state index contributed by atoms with van der Waals surface area (Å²) in [5.74, 6) is 0.186. The van der Waals surface area contributed by atoms with Crippen molar-refractivity contribution in [3.8, 4) is 5.75 Å². The van der Waals surface area contributed by atoms with Gasteiger partial charge in [-0.25, -0.2) is 4.79 Å². The summed E-state index contributed by atoms with van der Waals surface area (Å²) in [7, 11) is 1.25. The molecule has 0 saturated carbocycles. The molecule has 0 aromatic carbocycles. The average molecular weight is 185 g/mol. The lowest BCUT2D eigenvalue weighted by Gasteiger charge is -1.99. The second-order valence-corrected chi connectivity index (χ2v) is 2.32. The zero-order valence-corrected chi connectivity index (χ0v) is 7.07. The van der Waals surface area contributed by atoms with Crippen LogP contribution in [0.5, 0.6) is 5.75 Å². The number of aryl methyl sites for hydroxylation is 1. The molecule has 0 unspecified atom stereocenters. The highest BCUT2D eigenvalue weighted by molar-refractivity contribution is 5.43. The molecule has 0 N–H and O–H groups in total. The van der Waals surface area contributed by atoms with Crippen LogP contribution in [-0.2, 0) is 0 Å². The van der Waals surface area contributed by atoms with Crippen molar-refractivity contribution in [2.75, 3.05) is 7.11 Å². The highest BCUT2D eigenvalue weighted by atomic mass is 16.6. The lowest BCUT2D eigenvalue weighted by molar-refractivity contribution is -0.388. The monoisotopic (exact) mass is 185 g/mol. The van der Waals surface area contributed by atoms with Gasteiger partial charge in [-0.05, 0) is 6.92 Å². The highest BCUT2D eigenvalue weighted by Gasteiger charge is 2.22. The van der Waals surface area contributed by atoms with Crippen molar-refractivity contribution in [1.29, 1.82) is 0 Å². The average Bonchev–Trinajstić information content (AvgIpc) is 2.01. The van der Waals surface area contributed by atoms with Crippen molar-refractivity contribution < 1.29 is 14.1 Å². The molecule has 1 aromatic rings. The summed E-state index contributed by atoms with van der Waals surface area (Å²) >= 11 is 0. The summed E-state index contributed by atoms with van der Waals surface area (Å²) in [6, 6.07) is 1.29. The Kier molecular flexibility index (Phi) is 2.32. The van der Waals surface area contributed by atoms with Crippen LogP contribution in [0.15, 0.2) is 15.3 Å². The Hall–Kier alpha value is -1.85. The first kappa shape index (κ1) is 9.24. The maximum atomic E-state index is 11.0. The fraction of sp³-hybridized carbons (Fsp3) is 0.286. The molecule has 6 heteroatoms. The minimum atomic E-state index is -0.998. The van der Waals surface area contributed by atoms with Crippen molar-refractivity contribution in [1.82, 2.24) is 0 Å². The Morgan fingerprint density at radius 2 is 2.23 bits per heavy atom. The molecule has 70 valence electrons. The quantitative estimate of drug-likeness (QED) is 0.504. The first-order chi connectivity index (χ1) is 6.06. The largest absolute Gasteiger partial charge is 0.490 e. The lowest BCUT2D eigenvalue weighted by Crippen LogP contribution is -2.09. The van der Waals surface area contributed by atoms with Gasteiger partial charge in [-0.3, -0.25) is 10.1 Å². The number of hydrogen-bond donors (Lipinski definition) is 0. The van der Waals surface area contributed by atoms with Gasteiger partial charge in [-0.15, -0.1) is 0 Å². The molecular formula is C7H7NO5. The van der Waals surface area contributed by atoms with Crippen LogP contribution in [0, 0.1) is 17.0 Å². The molecule has 0 amide bonds. The summed E-state index contributed by atoms with van der Waals surface area (Å²) in [6.45, 7) is 1.51. The van der Waals surface area contributed by atoms with Gasteiger partial charge in [-0.1, -0.05) is 0 Å². The zero-order valence-electron chi connectivity index (χ0n) is 7.07. The molecule has 0 fully saturated rings. The van der Waals surface area contributed by atoms with Gasteiger partial charge in [-0.2, -0.15) is 0 Å². The molecule has 0 saturated heterocycles. The van der Waals surface area contributed by atoms with Gasteiger partial charge in [0.05, 0.1) is 12.0 Å². The lowest BCUT2D eigenvalue weighted by atomic mass is 10.3. The Morgan fingerprint density at radius 1 is 1.62 bits per heavy atom. The second-order valence-electron chi connectivity index (χ2n) is 2.32. The van der Waals surface area contributed by atoms with Crippen LogP contribution >= 0.6 is 0 Å². The van der Waals surface area contributed by atoms with E-state index in [0.29, 0.717) is 0 Å². The molecule has 1 rings (SSSR count). The Labute approximate surface area is 72.9 Å². The fourth-order valence-electron chi connectivity index (χ4n) is 0.898. The number of hydrogen-bond acceptors (Lipinski definition) is 5. The van der Waals surface area contributed by atoms with Gasteiger partial charge in [0.25, 0.3) is 0 Å². The normalized spacial score (nSPS) is 9.69. The van der Waals surface area contributed by atoms with E-state index in [1.54, 1.807) is 0 Å². The van der Waals surface area contributed by atoms with E-state index in [-0.39, 0.29) is 11.5 Å². The third-order valence-electron chi connectivity index (χ3n) is 1.42. The molecule has 6 nitrogen and oxygen atoms in total. The second kappa shape index (κ2) is 3.26. The molecular weight excluding hydrogens is 178 g/mol. The topological polar surface area (TPSA) is 82.6 Å². The first-order valence-corrected chi connectivity index (χ1v) is 3.39. The van der Waals surface area contributed by atoms with E-state index in [9.17, 15) is 14.9 Å². The van der Waals surface area contributed by atoms with Crippen LogP contribution in [0.2, 0.25) is 0 Å². The molecule has 0 spiro atoms. The molecule has 0 aliphatic heterocycles. The number of nitro groups is 1. The van der Waals surface area contributed by atoms with Crippen molar-refractivity contribution >= 4 is 5.69 Å². The van der Waals surface area contributed by atoms with Crippen LogP contribution in [0.1, 0.15) is 5.76 Å². The molecule has 0 bridgehead atoms. The van der Waals surface area contributed by atoms with Crippen molar-refractivity contribution in [2.24, 2.45) is 0 Å². The summed E-state index contributed by atoms with van der Waals surface area (Å²) < 4.78 is 9.20. The molecule has 1 aromatic heterocycles. The third-order valence-corrected chi connectivity index (χ3v) is 1.42. The van der Waals surface area contributed by atoms with Gasteiger partial charge in [0.1, 0.15) is 5.76 Å². The number of rotatable bonds is 2. The minimum absolute atomic E-state index is 0.0845. The molecule has 0 aliphatic rings. The van der Waals surface area contributed by atoms with Crippen LogP contribution in [0.3, 0.4) is 0 Å². The number of ether oxygens (including phenoxy) is 1. The van der Waals surface area contributed by atoms with Crippen LogP contribution in [0.4, 0.5) is 5.69 Å². The molecule has 0 atom stereocenters.